The zero-order valence-corrected chi connectivity index (χ0v) is 11.5. The summed E-state index contributed by atoms with van der Waals surface area (Å²) in [5.41, 5.74) is 0. The summed E-state index contributed by atoms with van der Waals surface area (Å²) in [7, 11) is 0. The fraction of sp³-hybridized carbons (Fsp3) is 0.857. The second kappa shape index (κ2) is 7.48. The van der Waals surface area contributed by atoms with Crippen molar-refractivity contribution in [3.8, 4) is 0 Å². The van der Waals surface area contributed by atoms with E-state index in [9.17, 15) is 9.59 Å². The third-order valence-corrected chi connectivity index (χ3v) is 3.88. The van der Waals surface area contributed by atoms with Crippen LogP contribution in [0.2, 0.25) is 0 Å². The van der Waals surface area contributed by atoms with Gasteiger partial charge in [-0.15, -0.1) is 0 Å². The van der Waals surface area contributed by atoms with Crippen molar-refractivity contribution in [3.05, 3.63) is 0 Å². The standard InChI is InChI=1S/C14H24N2O3/c17-13-12(7-3-8-15-13)14(18)16-9-4-10-19-11-5-1-2-6-11/h11-12H,1-10H2,(H,15,17)(H,16,18)/t12-/m0/s1. The van der Waals surface area contributed by atoms with E-state index >= 15 is 0 Å². The largest absolute Gasteiger partial charge is 0.378 e. The van der Waals surface area contributed by atoms with Crippen molar-refractivity contribution in [2.24, 2.45) is 5.92 Å². The van der Waals surface area contributed by atoms with Crippen molar-refractivity contribution in [1.29, 1.82) is 0 Å². The lowest BCUT2D eigenvalue weighted by molar-refractivity contribution is -0.136. The Hall–Kier alpha value is -1.10. The average Bonchev–Trinajstić information content (AvgIpc) is 2.92. The molecule has 1 aliphatic carbocycles. The molecule has 0 radical (unpaired) electrons. The fourth-order valence-corrected chi connectivity index (χ4v) is 2.73. The summed E-state index contributed by atoms with van der Waals surface area (Å²) in [6.07, 6.45) is 7.70. The molecule has 2 N–H and O–H groups in total. The van der Waals surface area contributed by atoms with E-state index in [1.165, 1.54) is 25.7 Å². The zero-order valence-electron chi connectivity index (χ0n) is 11.5. The van der Waals surface area contributed by atoms with Gasteiger partial charge in [-0.1, -0.05) is 12.8 Å². The van der Waals surface area contributed by atoms with Crippen LogP contribution in [0, 0.1) is 5.92 Å². The number of hydrogen-bond acceptors (Lipinski definition) is 3. The lowest BCUT2D eigenvalue weighted by atomic mass is 9.98. The molecule has 0 bridgehead atoms. The zero-order chi connectivity index (χ0) is 13.5. The predicted molar refractivity (Wildman–Crippen MR) is 71.6 cm³/mol. The van der Waals surface area contributed by atoms with Crippen LogP contribution in [0.15, 0.2) is 0 Å². The number of carbonyl (C=O) groups is 2. The van der Waals surface area contributed by atoms with Gasteiger partial charge in [0.25, 0.3) is 0 Å². The van der Waals surface area contributed by atoms with Crippen molar-refractivity contribution in [1.82, 2.24) is 10.6 Å². The SMILES string of the molecule is O=C(NCCCOC1CCCC1)[C@H]1CCCNC1=O. The number of ether oxygens (including phenoxy) is 1. The fourth-order valence-electron chi connectivity index (χ4n) is 2.73. The normalized spacial score (nSPS) is 24.2. The Morgan fingerprint density at radius 1 is 1.26 bits per heavy atom. The van der Waals surface area contributed by atoms with Gasteiger partial charge in [0.05, 0.1) is 6.10 Å². The molecule has 5 heteroatoms. The van der Waals surface area contributed by atoms with Crippen LogP contribution in [0.5, 0.6) is 0 Å². The molecule has 0 aromatic heterocycles. The highest BCUT2D eigenvalue weighted by Gasteiger charge is 2.28. The van der Waals surface area contributed by atoms with Crippen LogP contribution in [0.1, 0.15) is 44.9 Å². The molecule has 2 fully saturated rings. The number of carbonyl (C=O) groups excluding carboxylic acids is 2. The van der Waals surface area contributed by atoms with Gasteiger partial charge in [-0.25, -0.2) is 0 Å². The van der Waals surface area contributed by atoms with E-state index in [4.69, 9.17) is 4.74 Å². The van der Waals surface area contributed by atoms with Crippen LogP contribution in [0.4, 0.5) is 0 Å². The summed E-state index contributed by atoms with van der Waals surface area (Å²) in [6, 6.07) is 0. The van der Waals surface area contributed by atoms with E-state index in [1.54, 1.807) is 0 Å². The van der Waals surface area contributed by atoms with E-state index < -0.39 is 5.92 Å². The molecule has 0 aromatic rings. The maximum absolute atomic E-state index is 11.8. The van der Waals surface area contributed by atoms with Crippen molar-refractivity contribution in [2.45, 2.75) is 51.0 Å². The molecule has 1 aliphatic heterocycles. The first kappa shape index (κ1) is 14.3. The maximum atomic E-state index is 11.8. The quantitative estimate of drug-likeness (QED) is 0.557. The maximum Gasteiger partial charge on any atom is 0.232 e. The predicted octanol–water partition coefficient (Wildman–Crippen LogP) is 0.978. The molecule has 2 aliphatic rings. The van der Waals surface area contributed by atoms with Crippen LogP contribution in [0.3, 0.4) is 0 Å². The van der Waals surface area contributed by atoms with E-state index in [0.717, 1.165) is 12.8 Å². The third kappa shape index (κ3) is 4.49. The van der Waals surface area contributed by atoms with Crippen molar-refractivity contribution >= 4 is 11.8 Å². The van der Waals surface area contributed by atoms with E-state index in [0.29, 0.717) is 32.2 Å². The van der Waals surface area contributed by atoms with Gasteiger partial charge in [0, 0.05) is 19.7 Å². The van der Waals surface area contributed by atoms with Gasteiger partial charge in [-0.3, -0.25) is 9.59 Å². The number of hydrogen-bond donors (Lipinski definition) is 2. The summed E-state index contributed by atoms with van der Waals surface area (Å²) < 4.78 is 5.72. The molecular weight excluding hydrogens is 244 g/mol. The minimum Gasteiger partial charge on any atom is -0.378 e. The summed E-state index contributed by atoms with van der Waals surface area (Å²) in [5.74, 6) is -0.770. The van der Waals surface area contributed by atoms with Crippen LogP contribution in [-0.4, -0.2) is 37.6 Å². The van der Waals surface area contributed by atoms with Gasteiger partial charge < -0.3 is 15.4 Å². The first-order valence-electron chi connectivity index (χ1n) is 7.44. The van der Waals surface area contributed by atoms with Gasteiger partial charge in [-0.05, 0) is 32.1 Å². The summed E-state index contributed by atoms with van der Waals surface area (Å²) in [4.78, 5) is 23.3. The number of nitrogens with one attached hydrogen (secondary N) is 2. The van der Waals surface area contributed by atoms with Gasteiger partial charge in [0.15, 0.2) is 0 Å². The van der Waals surface area contributed by atoms with Crippen LogP contribution in [-0.2, 0) is 14.3 Å². The highest BCUT2D eigenvalue weighted by atomic mass is 16.5. The van der Waals surface area contributed by atoms with Gasteiger partial charge in [0.1, 0.15) is 5.92 Å². The lowest BCUT2D eigenvalue weighted by Crippen LogP contribution is -2.45. The molecule has 2 amide bonds. The smallest absolute Gasteiger partial charge is 0.232 e. The Bertz CT molecular complexity index is 314. The van der Waals surface area contributed by atoms with Crippen LogP contribution in [0.25, 0.3) is 0 Å². The first-order chi connectivity index (χ1) is 9.27. The van der Waals surface area contributed by atoms with Crippen LogP contribution >= 0.6 is 0 Å². The van der Waals surface area contributed by atoms with E-state index in [2.05, 4.69) is 10.6 Å². The minimum absolute atomic E-state index is 0.133. The molecule has 0 spiro atoms. The molecule has 1 saturated heterocycles. The monoisotopic (exact) mass is 268 g/mol. The van der Waals surface area contributed by atoms with E-state index in [-0.39, 0.29) is 11.8 Å². The highest BCUT2D eigenvalue weighted by molar-refractivity contribution is 6.00. The molecule has 0 aromatic carbocycles. The Kier molecular flexibility index (Phi) is 5.63. The lowest BCUT2D eigenvalue weighted by Gasteiger charge is -2.21. The second-order valence-corrected chi connectivity index (χ2v) is 5.41. The number of rotatable bonds is 6. The van der Waals surface area contributed by atoms with Gasteiger partial charge >= 0.3 is 0 Å². The Morgan fingerprint density at radius 2 is 2.05 bits per heavy atom. The van der Waals surface area contributed by atoms with E-state index in [1.807, 2.05) is 0 Å². The average molecular weight is 268 g/mol. The molecule has 0 unspecified atom stereocenters. The summed E-state index contributed by atoms with van der Waals surface area (Å²) in [5, 5.41) is 5.56. The molecule has 5 nitrogen and oxygen atoms in total. The molecule has 108 valence electrons. The Morgan fingerprint density at radius 3 is 2.79 bits per heavy atom. The summed E-state index contributed by atoms with van der Waals surface area (Å²) in [6.45, 7) is 1.98. The highest BCUT2D eigenvalue weighted by Crippen LogP contribution is 2.20. The first-order valence-corrected chi connectivity index (χ1v) is 7.44. The molecule has 1 heterocycles. The molecule has 19 heavy (non-hydrogen) atoms. The van der Waals surface area contributed by atoms with Crippen LogP contribution < -0.4 is 10.6 Å². The van der Waals surface area contributed by atoms with Crippen molar-refractivity contribution in [3.63, 3.8) is 0 Å². The Labute approximate surface area is 114 Å². The molecule has 1 saturated carbocycles. The molecule has 2 rings (SSSR count). The minimum atomic E-state index is -0.496. The Balaban J connectivity index is 1.54. The number of piperidine rings is 1. The van der Waals surface area contributed by atoms with Gasteiger partial charge in [0.2, 0.25) is 11.8 Å². The number of amides is 2. The summed E-state index contributed by atoms with van der Waals surface area (Å²) >= 11 is 0. The third-order valence-electron chi connectivity index (χ3n) is 3.88. The second-order valence-electron chi connectivity index (χ2n) is 5.41. The molecular formula is C14H24N2O3. The van der Waals surface area contributed by atoms with Gasteiger partial charge in [-0.2, -0.15) is 0 Å². The molecule has 1 atom stereocenters. The topological polar surface area (TPSA) is 67.4 Å². The van der Waals surface area contributed by atoms with Crippen molar-refractivity contribution in [2.75, 3.05) is 19.7 Å². The van der Waals surface area contributed by atoms with Crippen molar-refractivity contribution < 1.29 is 14.3 Å².